The molecule has 9 heteroatoms. The van der Waals surface area contributed by atoms with Gasteiger partial charge >= 0.3 is 18.0 Å². The molecule has 0 spiro atoms. The molecule has 0 atom stereocenters. The van der Waals surface area contributed by atoms with E-state index in [4.69, 9.17) is 4.74 Å². The molecule has 2 aromatic rings. The number of fused-ring (bicyclic) bond motifs is 1. The number of ether oxygens (including phenoxy) is 1. The molecule has 0 bridgehead atoms. The first kappa shape index (κ1) is 20.3. The van der Waals surface area contributed by atoms with Gasteiger partial charge in [-0.3, -0.25) is 4.57 Å². The number of amides is 1. The molecule has 1 aromatic carbocycles. The predicted octanol–water partition coefficient (Wildman–Crippen LogP) is 4.23. The highest BCUT2D eigenvalue weighted by molar-refractivity contribution is 5.78. The lowest BCUT2D eigenvalue weighted by molar-refractivity contribution is -0.137. The third-order valence-electron chi connectivity index (χ3n) is 4.85. The summed E-state index contributed by atoms with van der Waals surface area (Å²) in [5.41, 5.74) is -1.10. The molecule has 1 aliphatic rings. The minimum absolute atomic E-state index is 0.0685. The van der Waals surface area contributed by atoms with E-state index in [9.17, 15) is 22.8 Å². The van der Waals surface area contributed by atoms with Gasteiger partial charge in [-0.2, -0.15) is 13.2 Å². The molecule has 28 heavy (non-hydrogen) atoms. The maximum absolute atomic E-state index is 13.1. The zero-order valence-corrected chi connectivity index (χ0v) is 16.3. The molecule has 1 amide bonds. The molecule has 1 aromatic heterocycles. The van der Waals surface area contributed by atoms with Crippen LogP contribution in [0.2, 0.25) is 0 Å². The quantitative estimate of drug-likeness (QED) is 0.780. The highest BCUT2D eigenvalue weighted by Gasteiger charge is 2.34. The van der Waals surface area contributed by atoms with Crippen LogP contribution in [-0.4, -0.2) is 39.2 Å². The number of hydrogen-bond donors (Lipinski definition) is 1. The summed E-state index contributed by atoms with van der Waals surface area (Å²) in [5, 5.41) is 0. The normalized spacial score (nSPS) is 16.6. The van der Waals surface area contributed by atoms with E-state index in [1.807, 2.05) is 0 Å². The average molecular weight is 399 g/mol. The molecular weight excluding hydrogens is 375 g/mol. The van der Waals surface area contributed by atoms with E-state index in [0.717, 1.165) is 6.07 Å². The van der Waals surface area contributed by atoms with E-state index in [0.29, 0.717) is 31.4 Å². The van der Waals surface area contributed by atoms with Crippen molar-refractivity contribution in [3.8, 4) is 0 Å². The van der Waals surface area contributed by atoms with Gasteiger partial charge in [0.2, 0.25) is 0 Å². The molecule has 0 unspecified atom stereocenters. The van der Waals surface area contributed by atoms with E-state index in [1.165, 1.54) is 17.6 Å². The molecule has 0 radical (unpaired) electrons. The number of carbonyl (C=O) groups excluding carboxylic acids is 1. The number of aromatic nitrogens is 2. The first-order valence-corrected chi connectivity index (χ1v) is 9.17. The fraction of sp³-hybridized carbons (Fsp3) is 0.579. The SMILES string of the molecule is Cc1cc2c(cc1C(F)(F)F)[nH]c(=O)n2C1CCN(C(=O)OC(C)(C)C)CC1. The number of aryl methyl sites for hydroxylation is 1. The maximum atomic E-state index is 13.1. The topological polar surface area (TPSA) is 67.3 Å². The van der Waals surface area contributed by atoms with Crippen molar-refractivity contribution in [3.05, 3.63) is 33.7 Å². The Kier molecular flexibility index (Phi) is 4.97. The van der Waals surface area contributed by atoms with Gasteiger partial charge < -0.3 is 14.6 Å². The number of piperidine rings is 1. The van der Waals surface area contributed by atoms with E-state index in [1.54, 1.807) is 25.7 Å². The first-order chi connectivity index (χ1) is 12.9. The van der Waals surface area contributed by atoms with Gasteiger partial charge in [0.1, 0.15) is 5.60 Å². The molecule has 3 rings (SSSR count). The van der Waals surface area contributed by atoms with Crippen LogP contribution in [0.4, 0.5) is 18.0 Å². The van der Waals surface area contributed by atoms with Crippen molar-refractivity contribution in [1.29, 1.82) is 0 Å². The number of alkyl halides is 3. The molecule has 0 saturated carbocycles. The van der Waals surface area contributed by atoms with Crippen molar-refractivity contribution in [2.45, 2.75) is 58.4 Å². The van der Waals surface area contributed by atoms with E-state index in [2.05, 4.69) is 4.98 Å². The second-order valence-electron chi connectivity index (χ2n) is 8.18. The highest BCUT2D eigenvalue weighted by atomic mass is 19.4. The monoisotopic (exact) mass is 399 g/mol. The number of hydrogen-bond acceptors (Lipinski definition) is 3. The molecule has 154 valence electrons. The average Bonchev–Trinajstić information content (AvgIpc) is 2.86. The molecule has 0 aliphatic carbocycles. The van der Waals surface area contributed by atoms with Gasteiger partial charge in [-0.25, -0.2) is 9.59 Å². The predicted molar refractivity (Wildman–Crippen MR) is 98.4 cm³/mol. The van der Waals surface area contributed by atoms with Crippen LogP contribution in [0.15, 0.2) is 16.9 Å². The molecule has 2 heterocycles. The van der Waals surface area contributed by atoms with Gasteiger partial charge in [0, 0.05) is 19.1 Å². The smallest absolute Gasteiger partial charge is 0.416 e. The largest absolute Gasteiger partial charge is 0.444 e. The Hall–Kier alpha value is -2.45. The summed E-state index contributed by atoms with van der Waals surface area (Å²) in [7, 11) is 0. The molecule has 1 aliphatic heterocycles. The number of likely N-dealkylation sites (tertiary alicyclic amines) is 1. The lowest BCUT2D eigenvalue weighted by Gasteiger charge is -2.33. The van der Waals surface area contributed by atoms with Crippen LogP contribution < -0.4 is 5.69 Å². The lowest BCUT2D eigenvalue weighted by Crippen LogP contribution is -2.43. The van der Waals surface area contributed by atoms with Crippen LogP contribution in [0.25, 0.3) is 11.0 Å². The van der Waals surface area contributed by atoms with Gasteiger partial charge in [0.05, 0.1) is 16.6 Å². The molecule has 6 nitrogen and oxygen atoms in total. The summed E-state index contributed by atoms with van der Waals surface area (Å²) in [4.78, 5) is 28.7. The number of nitrogens with one attached hydrogen (secondary N) is 1. The fourth-order valence-electron chi connectivity index (χ4n) is 3.58. The zero-order valence-electron chi connectivity index (χ0n) is 16.3. The standard InChI is InChI=1S/C19H24F3N3O3/c1-11-9-15-14(10-13(11)19(20,21)22)23-16(26)25(15)12-5-7-24(8-6-12)17(27)28-18(2,3)4/h9-10,12H,5-8H2,1-4H3,(H,23,26). The number of halogens is 3. The Morgan fingerprint density at radius 2 is 1.79 bits per heavy atom. The summed E-state index contributed by atoms with van der Waals surface area (Å²) in [5.74, 6) is 0. The van der Waals surface area contributed by atoms with Crippen molar-refractivity contribution in [3.63, 3.8) is 0 Å². The van der Waals surface area contributed by atoms with Crippen molar-refractivity contribution in [2.24, 2.45) is 0 Å². The van der Waals surface area contributed by atoms with Gasteiger partial charge in [-0.05, 0) is 58.2 Å². The Morgan fingerprint density at radius 1 is 1.18 bits per heavy atom. The van der Waals surface area contributed by atoms with E-state index >= 15 is 0 Å². The van der Waals surface area contributed by atoms with E-state index < -0.39 is 29.1 Å². The highest BCUT2D eigenvalue weighted by Crippen LogP contribution is 2.35. The van der Waals surface area contributed by atoms with Crippen molar-refractivity contribution < 1.29 is 22.7 Å². The molecular formula is C19H24F3N3O3. The van der Waals surface area contributed by atoms with Gasteiger partial charge in [0.25, 0.3) is 0 Å². The Bertz CT molecular complexity index is 945. The van der Waals surface area contributed by atoms with Gasteiger partial charge in [-0.15, -0.1) is 0 Å². The van der Waals surface area contributed by atoms with Gasteiger partial charge in [0.15, 0.2) is 0 Å². The number of rotatable bonds is 1. The van der Waals surface area contributed by atoms with E-state index in [-0.39, 0.29) is 17.1 Å². The minimum Gasteiger partial charge on any atom is -0.444 e. The van der Waals surface area contributed by atoms with Crippen LogP contribution in [0.3, 0.4) is 0 Å². The summed E-state index contributed by atoms with van der Waals surface area (Å²) in [6, 6.07) is 2.19. The lowest BCUT2D eigenvalue weighted by atomic mass is 10.0. The number of nitrogens with zero attached hydrogens (tertiary/aromatic N) is 2. The first-order valence-electron chi connectivity index (χ1n) is 9.17. The maximum Gasteiger partial charge on any atom is 0.416 e. The molecule has 1 saturated heterocycles. The van der Waals surface area contributed by atoms with Crippen molar-refractivity contribution >= 4 is 17.1 Å². The number of aromatic amines is 1. The van der Waals surface area contributed by atoms with Crippen LogP contribution in [0.1, 0.15) is 50.8 Å². The number of benzene rings is 1. The molecule has 1 fully saturated rings. The van der Waals surface area contributed by atoms with Gasteiger partial charge in [-0.1, -0.05) is 0 Å². The number of carbonyl (C=O) groups is 1. The van der Waals surface area contributed by atoms with Crippen LogP contribution in [0, 0.1) is 6.92 Å². The third kappa shape index (κ3) is 4.02. The summed E-state index contributed by atoms with van der Waals surface area (Å²) < 4.78 is 46.3. The summed E-state index contributed by atoms with van der Waals surface area (Å²) in [6.45, 7) is 7.59. The molecule has 1 N–H and O–H groups in total. The number of imidazole rings is 1. The summed E-state index contributed by atoms with van der Waals surface area (Å²) in [6.07, 6.45) is -3.84. The summed E-state index contributed by atoms with van der Waals surface area (Å²) >= 11 is 0. The third-order valence-corrected chi connectivity index (χ3v) is 4.85. The number of H-pyrrole nitrogens is 1. The second-order valence-corrected chi connectivity index (χ2v) is 8.18. The van der Waals surface area contributed by atoms with Crippen LogP contribution in [0.5, 0.6) is 0 Å². The minimum atomic E-state index is -4.48. The Morgan fingerprint density at radius 3 is 2.32 bits per heavy atom. The fourth-order valence-corrected chi connectivity index (χ4v) is 3.58. The Balaban J connectivity index is 1.84. The Labute approximate surface area is 160 Å². The van der Waals surface area contributed by atoms with Crippen molar-refractivity contribution in [2.75, 3.05) is 13.1 Å². The van der Waals surface area contributed by atoms with Crippen LogP contribution >= 0.6 is 0 Å². The second kappa shape index (κ2) is 6.86. The van der Waals surface area contributed by atoms with Crippen molar-refractivity contribution in [1.82, 2.24) is 14.5 Å². The van der Waals surface area contributed by atoms with Crippen LogP contribution in [-0.2, 0) is 10.9 Å². The zero-order chi connectivity index (χ0) is 20.9.